The Morgan fingerprint density at radius 3 is 2.89 bits per heavy atom. The summed E-state index contributed by atoms with van der Waals surface area (Å²) >= 11 is 0. The topological polar surface area (TPSA) is 79.2 Å². The second-order valence-electron chi connectivity index (χ2n) is 3.86. The maximum Gasteiger partial charge on any atom is 0.305 e. The molecule has 0 bridgehead atoms. The van der Waals surface area contributed by atoms with Crippen molar-refractivity contribution in [2.24, 2.45) is 0 Å². The minimum absolute atomic E-state index is 0.249. The normalized spacial score (nSPS) is 9.47. The first-order valence-corrected chi connectivity index (χ1v) is 6.11. The first-order valence-electron chi connectivity index (χ1n) is 6.11. The molecular weight excluding hydrogens is 244 g/mol. The van der Waals surface area contributed by atoms with Gasteiger partial charge in [-0.15, -0.1) is 0 Å². The monoisotopic (exact) mass is 260 g/mol. The summed E-state index contributed by atoms with van der Waals surface area (Å²) in [7, 11) is 0. The van der Waals surface area contributed by atoms with Crippen molar-refractivity contribution in [1.29, 1.82) is 5.26 Å². The molecule has 0 aromatic heterocycles. The quantitative estimate of drug-likeness (QED) is 0.622. The van der Waals surface area contributed by atoms with Gasteiger partial charge in [-0.25, -0.2) is 0 Å². The maximum absolute atomic E-state index is 11.7. The minimum atomic E-state index is -0.261. The summed E-state index contributed by atoms with van der Waals surface area (Å²) in [6.45, 7) is 2.52. The molecule has 100 valence electrons. The number of hydrogen-bond acceptors (Lipinski definition) is 4. The molecule has 0 unspecified atom stereocenters. The molecule has 0 aliphatic rings. The standard InChI is InChI=1S/C14H16N2O3/c1-2-19-13(17)7-4-8-16-14(18)12-6-3-5-11(9-12)10-15/h3,5-6,9H,2,4,7-8H2,1H3,(H,16,18). The van der Waals surface area contributed by atoms with Crippen molar-refractivity contribution in [3.63, 3.8) is 0 Å². The van der Waals surface area contributed by atoms with E-state index in [0.29, 0.717) is 30.7 Å². The van der Waals surface area contributed by atoms with Crippen LogP contribution in [0.3, 0.4) is 0 Å². The molecule has 1 aromatic carbocycles. The van der Waals surface area contributed by atoms with Crippen LogP contribution in [0.2, 0.25) is 0 Å². The molecule has 1 rings (SSSR count). The zero-order chi connectivity index (χ0) is 14.1. The first-order chi connectivity index (χ1) is 9.17. The van der Waals surface area contributed by atoms with Gasteiger partial charge in [0.25, 0.3) is 5.91 Å². The summed E-state index contributed by atoms with van der Waals surface area (Å²) in [5.74, 6) is -0.510. The molecule has 0 spiro atoms. The van der Waals surface area contributed by atoms with Gasteiger partial charge in [-0.05, 0) is 31.5 Å². The second-order valence-corrected chi connectivity index (χ2v) is 3.86. The van der Waals surface area contributed by atoms with Gasteiger partial charge in [0.1, 0.15) is 0 Å². The molecule has 0 atom stereocenters. The van der Waals surface area contributed by atoms with E-state index in [-0.39, 0.29) is 18.3 Å². The third-order valence-corrected chi connectivity index (χ3v) is 2.40. The van der Waals surface area contributed by atoms with Crippen LogP contribution in [0.5, 0.6) is 0 Å². The number of nitriles is 1. The summed E-state index contributed by atoms with van der Waals surface area (Å²) in [5, 5.41) is 11.4. The van der Waals surface area contributed by atoms with E-state index in [2.05, 4.69) is 5.32 Å². The van der Waals surface area contributed by atoms with Crippen LogP contribution in [-0.2, 0) is 9.53 Å². The summed E-state index contributed by atoms with van der Waals surface area (Å²) in [6, 6.07) is 8.44. The average Bonchev–Trinajstić information content (AvgIpc) is 2.43. The van der Waals surface area contributed by atoms with E-state index in [1.165, 1.54) is 6.07 Å². The van der Waals surface area contributed by atoms with E-state index in [0.717, 1.165) is 0 Å². The van der Waals surface area contributed by atoms with Crippen molar-refractivity contribution in [1.82, 2.24) is 5.32 Å². The van der Waals surface area contributed by atoms with Crippen LogP contribution < -0.4 is 5.32 Å². The molecule has 0 radical (unpaired) electrons. The van der Waals surface area contributed by atoms with E-state index in [9.17, 15) is 9.59 Å². The van der Waals surface area contributed by atoms with Crippen LogP contribution in [0.4, 0.5) is 0 Å². The van der Waals surface area contributed by atoms with Gasteiger partial charge in [-0.2, -0.15) is 5.26 Å². The maximum atomic E-state index is 11.7. The molecule has 0 aliphatic carbocycles. The van der Waals surface area contributed by atoms with Gasteiger partial charge >= 0.3 is 5.97 Å². The lowest BCUT2D eigenvalue weighted by atomic mass is 10.1. The molecule has 1 aromatic rings. The van der Waals surface area contributed by atoms with Crippen LogP contribution in [0.1, 0.15) is 35.7 Å². The van der Waals surface area contributed by atoms with Crippen molar-refractivity contribution in [3.05, 3.63) is 35.4 Å². The van der Waals surface area contributed by atoms with Crippen LogP contribution in [0.25, 0.3) is 0 Å². The average molecular weight is 260 g/mol. The van der Waals surface area contributed by atoms with Gasteiger partial charge in [0, 0.05) is 18.5 Å². The summed E-state index contributed by atoms with van der Waals surface area (Å²) in [4.78, 5) is 22.8. The lowest BCUT2D eigenvalue weighted by molar-refractivity contribution is -0.143. The Kier molecular flexibility index (Phi) is 6.10. The smallest absolute Gasteiger partial charge is 0.305 e. The van der Waals surface area contributed by atoms with Crippen LogP contribution in [0.15, 0.2) is 24.3 Å². The molecule has 0 fully saturated rings. The molecule has 5 nitrogen and oxygen atoms in total. The fraction of sp³-hybridized carbons (Fsp3) is 0.357. The number of benzene rings is 1. The highest BCUT2D eigenvalue weighted by Gasteiger charge is 2.06. The lowest BCUT2D eigenvalue weighted by Crippen LogP contribution is -2.25. The van der Waals surface area contributed by atoms with Crippen molar-refractivity contribution < 1.29 is 14.3 Å². The largest absolute Gasteiger partial charge is 0.466 e. The van der Waals surface area contributed by atoms with E-state index < -0.39 is 0 Å². The van der Waals surface area contributed by atoms with Crippen molar-refractivity contribution in [3.8, 4) is 6.07 Å². The van der Waals surface area contributed by atoms with Gasteiger partial charge < -0.3 is 10.1 Å². The third kappa shape index (κ3) is 5.21. The van der Waals surface area contributed by atoms with Crippen LogP contribution >= 0.6 is 0 Å². The zero-order valence-corrected chi connectivity index (χ0v) is 10.8. The number of rotatable bonds is 6. The summed E-state index contributed by atoms with van der Waals surface area (Å²) < 4.78 is 4.78. The molecule has 1 N–H and O–H groups in total. The molecule has 0 saturated heterocycles. The molecule has 1 amide bonds. The Hall–Kier alpha value is -2.35. The Bertz CT molecular complexity index is 492. The van der Waals surface area contributed by atoms with Crippen LogP contribution in [-0.4, -0.2) is 25.0 Å². The molecule has 0 saturated carbocycles. The van der Waals surface area contributed by atoms with E-state index in [1.807, 2.05) is 6.07 Å². The molecule has 5 heteroatoms. The summed E-state index contributed by atoms with van der Waals surface area (Å²) in [6.07, 6.45) is 0.814. The number of nitrogens with one attached hydrogen (secondary N) is 1. The lowest BCUT2D eigenvalue weighted by Gasteiger charge is -2.05. The number of hydrogen-bond donors (Lipinski definition) is 1. The predicted octanol–water partition coefficient (Wildman–Crippen LogP) is 1.63. The highest BCUT2D eigenvalue weighted by atomic mass is 16.5. The van der Waals surface area contributed by atoms with Crippen molar-refractivity contribution >= 4 is 11.9 Å². The Balaban J connectivity index is 2.35. The van der Waals surface area contributed by atoms with Gasteiger partial charge in [0.15, 0.2) is 0 Å². The fourth-order valence-electron chi connectivity index (χ4n) is 1.50. The minimum Gasteiger partial charge on any atom is -0.466 e. The van der Waals surface area contributed by atoms with Gasteiger partial charge in [-0.1, -0.05) is 6.07 Å². The van der Waals surface area contributed by atoms with E-state index >= 15 is 0 Å². The Morgan fingerprint density at radius 2 is 2.21 bits per heavy atom. The Morgan fingerprint density at radius 1 is 1.42 bits per heavy atom. The number of amides is 1. The molecule has 0 aliphatic heterocycles. The van der Waals surface area contributed by atoms with Gasteiger partial charge in [-0.3, -0.25) is 9.59 Å². The SMILES string of the molecule is CCOC(=O)CCCNC(=O)c1cccc(C#N)c1. The van der Waals surface area contributed by atoms with Gasteiger partial charge in [0.2, 0.25) is 0 Å². The van der Waals surface area contributed by atoms with Crippen LogP contribution in [0, 0.1) is 11.3 Å². The Labute approximate surface area is 112 Å². The summed E-state index contributed by atoms with van der Waals surface area (Å²) in [5.41, 5.74) is 0.884. The second kappa shape index (κ2) is 7.88. The van der Waals surface area contributed by atoms with E-state index in [1.54, 1.807) is 25.1 Å². The van der Waals surface area contributed by atoms with E-state index in [4.69, 9.17) is 10.00 Å². The molecule has 19 heavy (non-hydrogen) atoms. The number of nitrogens with zero attached hydrogens (tertiary/aromatic N) is 1. The zero-order valence-electron chi connectivity index (χ0n) is 10.8. The number of esters is 1. The van der Waals surface area contributed by atoms with Crippen molar-refractivity contribution in [2.75, 3.05) is 13.2 Å². The fourth-order valence-corrected chi connectivity index (χ4v) is 1.50. The molecular formula is C14H16N2O3. The van der Waals surface area contributed by atoms with Crippen molar-refractivity contribution in [2.45, 2.75) is 19.8 Å². The predicted molar refractivity (Wildman–Crippen MR) is 69.4 cm³/mol. The number of carbonyl (C=O) groups excluding carboxylic acids is 2. The number of carbonyl (C=O) groups is 2. The highest BCUT2D eigenvalue weighted by Crippen LogP contribution is 2.04. The third-order valence-electron chi connectivity index (χ3n) is 2.40. The highest BCUT2D eigenvalue weighted by molar-refractivity contribution is 5.94. The number of ether oxygens (including phenoxy) is 1. The molecule has 0 heterocycles. The van der Waals surface area contributed by atoms with Gasteiger partial charge in [0.05, 0.1) is 18.2 Å². The first kappa shape index (κ1) is 14.7.